The zero-order valence-electron chi connectivity index (χ0n) is 11.1. The third-order valence-corrected chi connectivity index (χ3v) is 3.79. The topological polar surface area (TPSA) is 26.7 Å². The van der Waals surface area contributed by atoms with E-state index in [0.717, 1.165) is 26.2 Å². The molecule has 5 heteroatoms. The number of hydrogen-bond acceptors (Lipinski definition) is 3. The Bertz CT molecular complexity index is 400. The van der Waals surface area contributed by atoms with Crippen LogP contribution in [0, 0.1) is 11.6 Å². The van der Waals surface area contributed by atoms with E-state index in [9.17, 15) is 8.78 Å². The molecule has 0 amide bonds. The molecule has 0 spiro atoms. The summed E-state index contributed by atoms with van der Waals surface area (Å²) in [4.78, 5) is 4.23. The average molecular weight is 270 g/mol. The van der Waals surface area contributed by atoms with Gasteiger partial charge >= 0.3 is 0 Å². The number of rotatable bonds is 4. The van der Waals surface area contributed by atoms with Crippen molar-refractivity contribution in [3.8, 4) is 0 Å². The number of nitrogens with zero attached hydrogens (tertiary/aromatic N) is 2. The van der Waals surface area contributed by atoms with Crippen LogP contribution in [0.5, 0.6) is 0 Å². The second kappa shape index (κ2) is 6.41. The molecule has 1 atom stereocenters. The molecule has 1 aliphatic heterocycles. The van der Waals surface area contributed by atoms with Crippen molar-refractivity contribution in [3.05, 3.63) is 35.4 Å². The summed E-state index contributed by atoms with van der Waals surface area (Å²) in [5.41, 5.74) is 0.151. The third-order valence-electron chi connectivity index (χ3n) is 3.79. The van der Waals surface area contributed by atoms with Crippen LogP contribution in [0.3, 0.4) is 0 Å². The van der Waals surface area contributed by atoms with Crippen LogP contribution < -0.4 is 0 Å². The second-order valence-corrected chi connectivity index (χ2v) is 4.91. The van der Waals surface area contributed by atoms with Crippen LogP contribution in [-0.4, -0.2) is 54.2 Å². The van der Waals surface area contributed by atoms with Crippen LogP contribution in [-0.2, 0) is 0 Å². The van der Waals surface area contributed by atoms with Crippen molar-refractivity contribution in [1.29, 1.82) is 0 Å². The highest BCUT2D eigenvalue weighted by atomic mass is 19.1. The summed E-state index contributed by atoms with van der Waals surface area (Å²) in [6, 6.07) is 3.73. The zero-order valence-corrected chi connectivity index (χ0v) is 11.1. The first-order valence-electron chi connectivity index (χ1n) is 6.64. The minimum Gasteiger partial charge on any atom is -0.395 e. The van der Waals surface area contributed by atoms with E-state index in [1.807, 2.05) is 6.92 Å². The largest absolute Gasteiger partial charge is 0.395 e. The van der Waals surface area contributed by atoms with Gasteiger partial charge in [0, 0.05) is 44.3 Å². The van der Waals surface area contributed by atoms with Crippen LogP contribution in [0.2, 0.25) is 0 Å². The van der Waals surface area contributed by atoms with Gasteiger partial charge in [-0.1, -0.05) is 6.07 Å². The number of piperazine rings is 1. The summed E-state index contributed by atoms with van der Waals surface area (Å²) in [6.45, 7) is 5.81. The quantitative estimate of drug-likeness (QED) is 0.901. The van der Waals surface area contributed by atoms with E-state index in [2.05, 4.69) is 9.80 Å². The Kier molecular flexibility index (Phi) is 4.85. The van der Waals surface area contributed by atoms with Gasteiger partial charge in [0.05, 0.1) is 6.61 Å². The van der Waals surface area contributed by atoms with E-state index in [0.29, 0.717) is 6.54 Å². The first-order chi connectivity index (χ1) is 9.13. The van der Waals surface area contributed by atoms with Crippen molar-refractivity contribution >= 4 is 0 Å². The van der Waals surface area contributed by atoms with Gasteiger partial charge in [-0.05, 0) is 19.1 Å². The zero-order chi connectivity index (χ0) is 13.8. The fourth-order valence-electron chi connectivity index (χ4n) is 2.61. The fraction of sp³-hybridized carbons (Fsp3) is 0.571. The molecule has 0 bridgehead atoms. The van der Waals surface area contributed by atoms with Crippen molar-refractivity contribution in [2.45, 2.75) is 13.0 Å². The molecule has 1 heterocycles. The van der Waals surface area contributed by atoms with Gasteiger partial charge in [0.15, 0.2) is 0 Å². The summed E-state index contributed by atoms with van der Waals surface area (Å²) >= 11 is 0. The maximum absolute atomic E-state index is 13.7. The molecule has 19 heavy (non-hydrogen) atoms. The maximum atomic E-state index is 13.7. The molecule has 3 nitrogen and oxygen atoms in total. The van der Waals surface area contributed by atoms with Gasteiger partial charge in [-0.2, -0.15) is 0 Å². The number of halogens is 2. The van der Waals surface area contributed by atoms with Gasteiger partial charge in [-0.15, -0.1) is 0 Å². The highest BCUT2D eigenvalue weighted by Crippen LogP contribution is 2.26. The smallest absolute Gasteiger partial charge is 0.130 e. The molecule has 106 valence electrons. The van der Waals surface area contributed by atoms with Gasteiger partial charge in [0.25, 0.3) is 0 Å². The van der Waals surface area contributed by atoms with E-state index >= 15 is 0 Å². The van der Waals surface area contributed by atoms with Crippen molar-refractivity contribution in [2.24, 2.45) is 0 Å². The molecule has 1 aromatic rings. The Hall–Kier alpha value is -1.04. The standard InChI is InChI=1S/C14H20F2N2O/c1-11(14-12(15)3-2-4-13(14)16)18-7-5-17(6-8-18)9-10-19/h2-4,11,19H,5-10H2,1H3/t11-/m1/s1. The molecule has 1 aliphatic rings. The molecule has 1 saturated heterocycles. The number of benzene rings is 1. The van der Waals surface area contributed by atoms with Gasteiger partial charge < -0.3 is 5.11 Å². The molecule has 0 aromatic heterocycles. The number of aliphatic hydroxyl groups excluding tert-OH is 1. The van der Waals surface area contributed by atoms with Crippen LogP contribution >= 0.6 is 0 Å². The van der Waals surface area contributed by atoms with Crippen molar-refractivity contribution < 1.29 is 13.9 Å². The molecule has 0 saturated carbocycles. The minimum atomic E-state index is -0.481. The van der Waals surface area contributed by atoms with Crippen molar-refractivity contribution in [3.63, 3.8) is 0 Å². The van der Waals surface area contributed by atoms with E-state index < -0.39 is 11.6 Å². The molecular weight excluding hydrogens is 250 g/mol. The molecule has 1 aromatic carbocycles. The Morgan fingerprint density at radius 3 is 2.26 bits per heavy atom. The summed E-state index contributed by atoms with van der Waals surface area (Å²) in [7, 11) is 0. The van der Waals surface area contributed by atoms with Crippen LogP contribution in [0.25, 0.3) is 0 Å². The molecule has 2 rings (SSSR count). The Labute approximate surface area is 112 Å². The molecule has 0 aliphatic carbocycles. The lowest BCUT2D eigenvalue weighted by molar-refractivity contribution is 0.0865. The minimum absolute atomic E-state index is 0.150. The lowest BCUT2D eigenvalue weighted by Gasteiger charge is -2.38. The van der Waals surface area contributed by atoms with E-state index in [-0.39, 0.29) is 18.2 Å². The second-order valence-electron chi connectivity index (χ2n) is 4.91. The number of hydrogen-bond donors (Lipinski definition) is 1. The lowest BCUT2D eigenvalue weighted by atomic mass is 10.0. The summed E-state index contributed by atoms with van der Waals surface area (Å²) < 4.78 is 27.5. The van der Waals surface area contributed by atoms with Crippen LogP contribution in [0.4, 0.5) is 8.78 Å². The molecule has 1 fully saturated rings. The monoisotopic (exact) mass is 270 g/mol. The highest BCUT2D eigenvalue weighted by Gasteiger charge is 2.25. The Morgan fingerprint density at radius 1 is 1.16 bits per heavy atom. The van der Waals surface area contributed by atoms with Crippen molar-refractivity contribution in [1.82, 2.24) is 9.80 Å². The van der Waals surface area contributed by atoms with Gasteiger partial charge in [0.2, 0.25) is 0 Å². The van der Waals surface area contributed by atoms with Gasteiger partial charge in [-0.3, -0.25) is 9.80 Å². The van der Waals surface area contributed by atoms with E-state index in [4.69, 9.17) is 5.11 Å². The molecule has 0 unspecified atom stereocenters. The van der Waals surface area contributed by atoms with Gasteiger partial charge in [0.1, 0.15) is 11.6 Å². The SMILES string of the molecule is C[C@H](c1c(F)cccc1F)N1CCN(CCO)CC1. The fourth-order valence-corrected chi connectivity index (χ4v) is 2.61. The third kappa shape index (κ3) is 3.29. The lowest BCUT2D eigenvalue weighted by Crippen LogP contribution is -2.48. The van der Waals surface area contributed by atoms with Crippen molar-refractivity contribution in [2.75, 3.05) is 39.3 Å². The first kappa shape index (κ1) is 14.4. The maximum Gasteiger partial charge on any atom is 0.130 e. The van der Waals surface area contributed by atoms with Crippen LogP contribution in [0.1, 0.15) is 18.5 Å². The predicted octanol–water partition coefficient (Wildman–Crippen LogP) is 1.64. The normalized spacial score (nSPS) is 19.6. The average Bonchev–Trinajstić information content (AvgIpc) is 2.39. The van der Waals surface area contributed by atoms with E-state index in [1.165, 1.54) is 18.2 Å². The van der Waals surface area contributed by atoms with Gasteiger partial charge in [-0.25, -0.2) is 8.78 Å². The summed E-state index contributed by atoms with van der Waals surface area (Å²) in [5.74, 6) is -0.962. The first-order valence-corrected chi connectivity index (χ1v) is 6.64. The summed E-state index contributed by atoms with van der Waals surface area (Å²) in [5, 5.41) is 8.89. The predicted molar refractivity (Wildman–Crippen MR) is 69.9 cm³/mol. The molecule has 1 N–H and O–H groups in total. The Balaban J connectivity index is 2.03. The summed E-state index contributed by atoms with van der Waals surface area (Å²) in [6.07, 6.45) is 0. The number of β-amino-alcohol motifs (C(OH)–C–C–N with tert-alkyl or cyclic N) is 1. The van der Waals surface area contributed by atoms with E-state index in [1.54, 1.807) is 0 Å². The number of aliphatic hydroxyl groups is 1. The Morgan fingerprint density at radius 2 is 1.74 bits per heavy atom. The molecular formula is C14H20F2N2O. The van der Waals surface area contributed by atoms with Crippen LogP contribution in [0.15, 0.2) is 18.2 Å². The highest BCUT2D eigenvalue weighted by molar-refractivity contribution is 5.23. The molecule has 0 radical (unpaired) electrons.